The van der Waals surface area contributed by atoms with E-state index in [1.54, 1.807) is 0 Å². The minimum atomic E-state index is -4.88. The number of hydrogen-bond donors (Lipinski definition) is 3. The van der Waals surface area contributed by atoms with Gasteiger partial charge in [-0.25, -0.2) is 9.97 Å². The number of rotatable bonds is 9. The average Bonchev–Trinajstić information content (AvgIpc) is 3.75. The molecular formula is C38H47F3N4O. The lowest BCUT2D eigenvalue weighted by molar-refractivity contribution is -0.206. The molecule has 0 fully saturated rings. The zero-order valence-electron chi connectivity index (χ0n) is 28.4. The first kappa shape index (κ1) is 33.7. The molecule has 0 aliphatic carbocycles. The van der Waals surface area contributed by atoms with Crippen LogP contribution >= 0.6 is 0 Å². The molecule has 1 unspecified atom stereocenters. The Balaban J connectivity index is 2.14. The maximum absolute atomic E-state index is 14.6. The second-order valence-electron chi connectivity index (χ2n) is 12.0. The Labute approximate surface area is 270 Å². The lowest BCUT2D eigenvalue weighted by Gasteiger charge is -2.18. The minimum absolute atomic E-state index is 0.205. The van der Waals surface area contributed by atoms with E-state index in [1.165, 1.54) is 16.7 Å². The number of aliphatic hydroxyl groups is 1. The third-order valence-corrected chi connectivity index (χ3v) is 9.73. The number of alkyl halides is 3. The Morgan fingerprint density at radius 1 is 0.565 bits per heavy atom. The molecule has 1 atom stereocenters. The van der Waals surface area contributed by atoms with Crippen LogP contribution in [0.3, 0.4) is 0 Å². The zero-order valence-corrected chi connectivity index (χ0v) is 28.4. The van der Waals surface area contributed by atoms with Crippen LogP contribution in [-0.2, 0) is 25.7 Å². The molecule has 46 heavy (non-hydrogen) atoms. The first-order valence-electron chi connectivity index (χ1n) is 17.0. The maximum Gasteiger partial charge on any atom is 0.418 e. The number of fused-ring (bicyclic) bond motifs is 8. The van der Waals surface area contributed by atoms with Gasteiger partial charge in [-0.2, -0.15) is 13.2 Å². The van der Waals surface area contributed by atoms with Crippen LogP contribution in [0.2, 0.25) is 0 Å². The highest BCUT2D eigenvalue weighted by molar-refractivity contribution is 5.97. The van der Waals surface area contributed by atoms with Crippen molar-refractivity contribution < 1.29 is 18.3 Å². The molecule has 246 valence electrons. The molecule has 5 rings (SSSR count). The second-order valence-corrected chi connectivity index (χ2v) is 12.0. The van der Waals surface area contributed by atoms with Gasteiger partial charge >= 0.3 is 6.18 Å². The fourth-order valence-corrected chi connectivity index (χ4v) is 7.65. The summed E-state index contributed by atoms with van der Waals surface area (Å²) in [6.45, 7) is 16.5. The Morgan fingerprint density at radius 3 is 1.50 bits per heavy atom. The lowest BCUT2D eigenvalue weighted by atomic mass is 9.93. The van der Waals surface area contributed by atoms with Crippen LogP contribution in [0.15, 0.2) is 18.2 Å². The summed E-state index contributed by atoms with van der Waals surface area (Å²) in [6.07, 6.45) is -2.20. The number of hydrogen-bond acceptors (Lipinski definition) is 3. The van der Waals surface area contributed by atoms with Crippen molar-refractivity contribution in [1.29, 1.82) is 0 Å². The SMILES string of the molecule is CCC1=C(CC)c2cc3[nH]c(cc4[nH]c(c(CC)c4CC)c(C(O)C(F)(F)F)c4nc(cc1n2)C(CC)=C4CC)c(CC)c3CC. The van der Waals surface area contributed by atoms with E-state index in [2.05, 4.69) is 43.7 Å². The fourth-order valence-electron chi connectivity index (χ4n) is 7.65. The molecule has 3 N–H and O–H groups in total. The molecule has 2 aliphatic heterocycles. The van der Waals surface area contributed by atoms with Gasteiger partial charge in [0.25, 0.3) is 0 Å². The Morgan fingerprint density at radius 2 is 1.00 bits per heavy atom. The normalized spacial score (nSPS) is 14.5. The molecule has 0 saturated heterocycles. The van der Waals surface area contributed by atoms with E-state index >= 15 is 0 Å². The predicted molar refractivity (Wildman–Crippen MR) is 184 cm³/mol. The highest BCUT2D eigenvalue weighted by Gasteiger charge is 2.43. The number of H-pyrrole nitrogens is 2. The number of nitrogens with zero attached hydrogens (tertiary/aromatic N) is 2. The molecule has 0 spiro atoms. The summed E-state index contributed by atoms with van der Waals surface area (Å²) >= 11 is 0. The average molecular weight is 633 g/mol. The summed E-state index contributed by atoms with van der Waals surface area (Å²) < 4.78 is 43.8. The quantitative estimate of drug-likeness (QED) is 0.220. The summed E-state index contributed by atoms with van der Waals surface area (Å²) in [5.74, 6) is 0. The highest BCUT2D eigenvalue weighted by Crippen LogP contribution is 2.45. The van der Waals surface area contributed by atoms with Crippen LogP contribution in [0.25, 0.3) is 44.4 Å². The minimum Gasteiger partial charge on any atom is -0.379 e. The van der Waals surface area contributed by atoms with Gasteiger partial charge in [0.15, 0.2) is 6.10 Å². The molecule has 3 aromatic rings. The monoisotopic (exact) mass is 632 g/mol. The van der Waals surface area contributed by atoms with Crippen molar-refractivity contribution in [1.82, 2.24) is 19.9 Å². The molecule has 8 heteroatoms. The molecule has 5 nitrogen and oxygen atoms in total. The van der Waals surface area contributed by atoms with Crippen molar-refractivity contribution in [3.63, 3.8) is 0 Å². The first-order chi connectivity index (χ1) is 22.0. The summed E-state index contributed by atoms with van der Waals surface area (Å²) in [6, 6.07) is 6.16. The molecular weight excluding hydrogens is 585 g/mol. The summed E-state index contributed by atoms with van der Waals surface area (Å²) in [5.41, 5.74) is 13.4. The molecule has 3 aromatic heterocycles. The van der Waals surface area contributed by atoms with E-state index in [-0.39, 0.29) is 11.3 Å². The lowest BCUT2D eigenvalue weighted by Crippen LogP contribution is -2.22. The second kappa shape index (κ2) is 13.2. The van der Waals surface area contributed by atoms with Crippen molar-refractivity contribution in [2.24, 2.45) is 0 Å². The van der Waals surface area contributed by atoms with Crippen molar-refractivity contribution in [2.45, 2.75) is 119 Å². The summed E-state index contributed by atoms with van der Waals surface area (Å²) in [7, 11) is 0. The Bertz CT molecular complexity index is 1890. The van der Waals surface area contributed by atoms with Gasteiger partial charge in [0.05, 0.1) is 28.3 Å². The first-order valence-corrected chi connectivity index (χ1v) is 17.0. The van der Waals surface area contributed by atoms with E-state index in [0.717, 1.165) is 81.5 Å². The van der Waals surface area contributed by atoms with Gasteiger partial charge in [0, 0.05) is 22.1 Å². The molecule has 0 aromatic carbocycles. The summed E-state index contributed by atoms with van der Waals surface area (Å²) in [4.78, 5) is 17.2. The van der Waals surface area contributed by atoms with E-state index in [4.69, 9.17) is 9.97 Å². The van der Waals surface area contributed by atoms with Crippen LogP contribution in [-0.4, -0.2) is 31.2 Å². The predicted octanol–water partition coefficient (Wildman–Crippen LogP) is 10.6. The van der Waals surface area contributed by atoms with Crippen LogP contribution in [0, 0.1) is 0 Å². The van der Waals surface area contributed by atoms with Crippen molar-refractivity contribution in [3.05, 3.63) is 68.8 Å². The van der Waals surface area contributed by atoms with Crippen LogP contribution in [0.4, 0.5) is 13.2 Å². The van der Waals surface area contributed by atoms with E-state index in [0.29, 0.717) is 36.9 Å². The Hall–Kier alpha value is -3.65. The number of aromatic amines is 2. The van der Waals surface area contributed by atoms with Gasteiger partial charge in [0.2, 0.25) is 0 Å². The standard InChI is InChI=1S/C38H47F3N4O/c1-9-20-22(11-3)30-18-32-24(13-5)26(15-7)35(44-32)34(37(46)38(39,40)41)36-27(16-8)25(14-6)33(45-36)19-31-23(12-4)21(10-2)29(43-31)17-28(20)42-30/h17-19,37,42,44,46H,9-16H2,1-8H3. The van der Waals surface area contributed by atoms with Crippen LogP contribution < -0.4 is 0 Å². The van der Waals surface area contributed by atoms with Crippen molar-refractivity contribution in [3.8, 4) is 0 Å². The Kier molecular flexibility index (Phi) is 9.69. The van der Waals surface area contributed by atoms with Gasteiger partial charge in [-0.05, 0) is 114 Å². The number of aromatic nitrogens is 4. The molecule has 0 saturated carbocycles. The zero-order chi connectivity index (χ0) is 33.5. The third-order valence-electron chi connectivity index (χ3n) is 9.73. The number of halogens is 3. The van der Waals surface area contributed by atoms with Crippen molar-refractivity contribution >= 4 is 44.4 Å². The highest BCUT2D eigenvalue weighted by atomic mass is 19.4. The fraction of sp³-hybridized carbons (Fsp3) is 0.474. The van der Waals surface area contributed by atoms with Gasteiger partial charge in [-0.3, -0.25) is 0 Å². The van der Waals surface area contributed by atoms with E-state index < -0.39 is 12.3 Å². The van der Waals surface area contributed by atoms with E-state index in [9.17, 15) is 18.3 Å². The van der Waals surface area contributed by atoms with Crippen LogP contribution in [0.5, 0.6) is 0 Å². The number of allylic oxidation sites excluding steroid dienone is 4. The van der Waals surface area contributed by atoms with Crippen molar-refractivity contribution in [2.75, 3.05) is 0 Å². The van der Waals surface area contributed by atoms with Gasteiger partial charge in [-0.1, -0.05) is 55.4 Å². The van der Waals surface area contributed by atoms with Gasteiger partial charge < -0.3 is 15.1 Å². The smallest absolute Gasteiger partial charge is 0.379 e. The maximum atomic E-state index is 14.6. The molecule has 5 heterocycles. The molecule has 2 aliphatic rings. The molecule has 0 radical (unpaired) electrons. The van der Waals surface area contributed by atoms with Crippen LogP contribution in [0.1, 0.15) is 138 Å². The number of aliphatic hydroxyl groups excluding tert-OH is 1. The van der Waals surface area contributed by atoms with E-state index in [1.807, 2.05) is 39.8 Å². The van der Waals surface area contributed by atoms with Gasteiger partial charge in [-0.15, -0.1) is 0 Å². The number of aryl methyl sites for hydroxylation is 4. The molecule has 0 amide bonds. The summed E-state index contributed by atoms with van der Waals surface area (Å²) in [5, 5.41) is 11.1. The largest absolute Gasteiger partial charge is 0.418 e. The van der Waals surface area contributed by atoms with Gasteiger partial charge in [0.1, 0.15) is 0 Å². The topological polar surface area (TPSA) is 77.6 Å². The molecule has 8 bridgehead atoms. The third kappa shape index (κ3) is 5.52. The number of nitrogens with one attached hydrogen (secondary N) is 2.